The van der Waals surface area contributed by atoms with Crippen LogP contribution in [-0.2, 0) is 9.59 Å². The van der Waals surface area contributed by atoms with Crippen LogP contribution in [0.5, 0.6) is 0 Å². The van der Waals surface area contributed by atoms with Crippen LogP contribution in [0.15, 0.2) is 11.3 Å². The Kier molecular flexibility index (Phi) is 2.78. The second-order valence-electron chi connectivity index (χ2n) is 3.72. The molecule has 1 rings (SSSR count). The number of rotatable bonds is 3. The predicted octanol–water partition coefficient (Wildman–Crippen LogP) is 0.428. The van der Waals surface area contributed by atoms with Crippen molar-refractivity contribution in [3.8, 4) is 0 Å². The molecule has 1 amide bonds. The Morgan fingerprint density at radius 1 is 1.57 bits per heavy atom. The summed E-state index contributed by atoms with van der Waals surface area (Å²) >= 11 is 0. The maximum Gasteiger partial charge on any atom is 0.344 e. The Bertz CT molecular complexity index is 306. The normalized spacial score (nSPS) is 21.6. The monoisotopic (exact) mass is 199 g/mol. The van der Waals surface area contributed by atoms with Crippen LogP contribution in [0.25, 0.3) is 0 Å². The number of amides is 1. The third-order valence-electron chi connectivity index (χ3n) is 2.04. The van der Waals surface area contributed by atoms with E-state index in [2.05, 4.69) is 5.32 Å². The third-order valence-corrected chi connectivity index (χ3v) is 2.04. The molecular weight excluding hydrogens is 186 g/mol. The number of nitrogens with one attached hydrogen (secondary N) is 1. The molecule has 0 aromatic heterocycles. The molecule has 14 heavy (non-hydrogen) atoms. The largest absolute Gasteiger partial charge is 0.509 e. The molecule has 0 aliphatic carbocycles. The topological polar surface area (TPSA) is 86.6 Å². The number of carbonyl (C=O) groups excluding carboxylic acids is 1. The van der Waals surface area contributed by atoms with Crippen molar-refractivity contribution in [2.45, 2.75) is 26.3 Å². The van der Waals surface area contributed by atoms with Gasteiger partial charge >= 0.3 is 5.97 Å². The summed E-state index contributed by atoms with van der Waals surface area (Å²) in [5.41, 5.74) is -0.532. The van der Waals surface area contributed by atoms with E-state index < -0.39 is 23.5 Å². The molecule has 5 nitrogen and oxygen atoms in total. The van der Waals surface area contributed by atoms with E-state index in [9.17, 15) is 14.7 Å². The Hall–Kier alpha value is -1.52. The van der Waals surface area contributed by atoms with E-state index in [0.29, 0.717) is 6.42 Å². The molecule has 0 radical (unpaired) electrons. The van der Waals surface area contributed by atoms with Crippen LogP contribution < -0.4 is 5.32 Å². The Labute approximate surface area is 81.4 Å². The van der Waals surface area contributed by atoms with E-state index in [0.717, 1.165) is 0 Å². The Morgan fingerprint density at radius 2 is 2.14 bits per heavy atom. The minimum Gasteiger partial charge on any atom is -0.509 e. The van der Waals surface area contributed by atoms with Crippen LogP contribution in [0.4, 0.5) is 0 Å². The smallest absolute Gasteiger partial charge is 0.344 e. The first-order chi connectivity index (χ1) is 6.43. The highest BCUT2D eigenvalue weighted by Crippen LogP contribution is 2.20. The van der Waals surface area contributed by atoms with E-state index in [1.807, 2.05) is 13.8 Å². The van der Waals surface area contributed by atoms with E-state index in [-0.39, 0.29) is 11.7 Å². The molecule has 0 saturated carbocycles. The number of carboxylic acids is 1. The van der Waals surface area contributed by atoms with Crippen molar-refractivity contribution < 1.29 is 19.8 Å². The molecule has 0 spiro atoms. The van der Waals surface area contributed by atoms with Crippen LogP contribution >= 0.6 is 0 Å². The SMILES string of the molecule is CC(C)CC1NC(=O)C(C(=O)O)=C1O. The van der Waals surface area contributed by atoms with Gasteiger partial charge in [0, 0.05) is 0 Å². The molecule has 1 unspecified atom stereocenters. The van der Waals surface area contributed by atoms with E-state index in [4.69, 9.17) is 5.11 Å². The zero-order valence-corrected chi connectivity index (χ0v) is 8.07. The lowest BCUT2D eigenvalue weighted by Crippen LogP contribution is -2.30. The van der Waals surface area contributed by atoms with Gasteiger partial charge in [-0.05, 0) is 12.3 Å². The van der Waals surface area contributed by atoms with Gasteiger partial charge in [0.15, 0.2) is 5.57 Å². The van der Waals surface area contributed by atoms with Crippen LogP contribution in [0.1, 0.15) is 20.3 Å². The molecule has 78 valence electrons. The van der Waals surface area contributed by atoms with Gasteiger partial charge in [-0.1, -0.05) is 13.8 Å². The quantitative estimate of drug-likeness (QED) is 0.575. The minimum absolute atomic E-state index is 0.274. The molecule has 1 heterocycles. The standard InChI is InChI=1S/C9H13NO4/c1-4(2)3-5-7(11)6(9(13)14)8(12)10-5/h4-5,11H,3H2,1-2H3,(H,10,12)(H,13,14). The highest BCUT2D eigenvalue weighted by atomic mass is 16.4. The van der Waals surface area contributed by atoms with Crippen LogP contribution in [0.2, 0.25) is 0 Å². The summed E-state index contributed by atoms with van der Waals surface area (Å²) in [6.07, 6.45) is 0.536. The summed E-state index contributed by atoms with van der Waals surface area (Å²) in [7, 11) is 0. The lowest BCUT2D eigenvalue weighted by atomic mass is 10.0. The molecule has 0 aromatic carbocycles. The second-order valence-corrected chi connectivity index (χ2v) is 3.72. The second kappa shape index (κ2) is 3.69. The fraction of sp³-hybridized carbons (Fsp3) is 0.556. The number of carbonyl (C=O) groups is 2. The number of aliphatic hydroxyl groups excluding tert-OH is 1. The maximum absolute atomic E-state index is 11.1. The van der Waals surface area contributed by atoms with Gasteiger partial charge in [0.25, 0.3) is 5.91 Å². The summed E-state index contributed by atoms with van der Waals surface area (Å²) in [6, 6.07) is -0.548. The van der Waals surface area contributed by atoms with Crippen molar-refractivity contribution in [2.24, 2.45) is 5.92 Å². The van der Waals surface area contributed by atoms with Crippen LogP contribution in [0.3, 0.4) is 0 Å². The van der Waals surface area contributed by atoms with Gasteiger partial charge in [-0.25, -0.2) is 4.79 Å². The number of hydrogen-bond donors (Lipinski definition) is 3. The molecule has 0 aromatic rings. The average Bonchev–Trinajstić information content (AvgIpc) is 2.25. The molecule has 0 bridgehead atoms. The number of aliphatic carboxylic acids is 1. The van der Waals surface area contributed by atoms with E-state index in [1.165, 1.54) is 0 Å². The van der Waals surface area contributed by atoms with Gasteiger partial charge in [-0.15, -0.1) is 0 Å². The van der Waals surface area contributed by atoms with Crippen LogP contribution in [-0.4, -0.2) is 28.1 Å². The first-order valence-corrected chi connectivity index (χ1v) is 4.40. The molecule has 0 fully saturated rings. The number of carboxylic acid groups (broad SMARTS) is 1. The van der Waals surface area contributed by atoms with Crippen molar-refractivity contribution in [3.05, 3.63) is 11.3 Å². The van der Waals surface area contributed by atoms with Crippen molar-refractivity contribution in [2.75, 3.05) is 0 Å². The summed E-state index contributed by atoms with van der Waals surface area (Å²) in [5.74, 6) is -2.17. The van der Waals surface area contributed by atoms with Gasteiger partial charge in [0.05, 0.1) is 6.04 Å². The van der Waals surface area contributed by atoms with Crippen LogP contribution in [0, 0.1) is 5.92 Å². The van der Waals surface area contributed by atoms with Gasteiger partial charge < -0.3 is 15.5 Å². The number of aliphatic hydroxyl groups is 1. The molecule has 0 saturated heterocycles. The fourth-order valence-electron chi connectivity index (χ4n) is 1.44. The van der Waals surface area contributed by atoms with Crippen molar-refractivity contribution in [3.63, 3.8) is 0 Å². The van der Waals surface area contributed by atoms with Gasteiger partial charge in [0.2, 0.25) is 0 Å². The molecule has 5 heteroatoms. The summed E-state index contributed by atoms with van der Waals surface area (Å²) < 4.78 is 0. The van der Waals surface area contributed by atoms with Crippen molar-refractivity contribution in [1.29, 1.82) is 0 Å². The molecule has 1 aliphatic rings. The van der Waals surface area contributed by atoms with Crippen molar-refractivity contribution >= 4 is 11.9 Å². The lowest BCUT2D eigenvalue weighted by molar-refractivity contribution is -0.134. The van der Waals surface area contributed by atoms with Crippen molar-refractivity contribution in [1.82, 2.24) is 5.32 Å². The first-order valence-electron chi connectivity index (χ1n) is 4.40. The highest BCUT2D eigenvalue weighted by Gasteiger charge is 2.35. The molecule has 1 aliphatic heterocycles. The van der Waals surface area contributed by atoms with E-state index in [1.54, 1.807) is 0 Å². The zero-order valence-electron chi connectivity index (χ0n) is 8.07. The van der Waals surface area contributed by atoms with Gasteiger partial charge in [0.1, 0.15) is 5.76 Å². The van der Waals surface area contributed by atoms with E-state index >= 15 is 0 Å². The summed E-state index contributed by atoms with van der Waals surface area (Å²) in [5, 5.41) is 20.5. The Morgan fingerprint density at radius 3 is 2.50 bits per heavy atom. The first kappa shape index (κ1) is 10.6. The molecule has 3 N–H and O–H groups in total. The predicted molar refractivity (Wildman–Crippen MR) is 48.7 cm³/mol. The number of hydrogen-bond acceptors (Lipinski definition) is 3. The van der Waals surface area contributed by atoms with Gasteiger partial charge in [-0.3, -0.25) is 4.79 Å². The highest BCUT2D eigenvalue weighted by molar-refractivity contribution is 6.17. The lowest BCUT2D eigenvalue weighted by Gasteiger charge is -2.12. The van der Waals surface area contributed by atoms with Gasteiger partial charge in [-0.2, -0.15) is 0 Å². The third kappa shape index (κ3) is 1.86. The average molecular weight is 199 g/mol. The molecular formula is C9H13NO4. The fourth-order valence-corrected chi connectivity index (χ4v) is 1.44. The minimum atomic E-state index is -1.38. The summed E-state index contributed by atoms with van der Waals surface area (Å²) in [4.78, 5) is 21.7. The Balaban J connectivity index is 2.87. The summed E-state index contributed by atoms with van der Waals surface area (Å²) in [6.45, 7) is 3.86. The molecule has 1 atom stereocenters. The maximum atomic E-state index is 11.1. The zero-order chi connectivity index (χ0) is 10.9.